The van der Waals surface area contributed by atoms with Crippen LogP contribution in [-0.4, -0.2) is 24.6 Å². The van der Waals surface area contributed by atoms with Crippen LogP contribution in [0.2, 0.25) is 0 Å². The summed E-state index contributed by atoms with van der Waals surface area (Å²) in [4.78, 5) is 4.02. The van der Waals surface area contributed by atoms with E-state index >= 15 is 0 Å². The summed E-state index contributed by atoms with van der Waals surface area (Å²) in [6.07, 6.45) is 0. The number of hydrogen-bond donors (Lipinski definition) is 3. The molecule has 0 saturated carbocycles. The zero-order valence-electron chi connectivity index (χ0n) is 11.4. The average Bonchev–Trinajstić information content (AvgIpc) is 2.28. The number of guanidine groups is 1. The summed E-state index contributed by atoms with van der Waals surface area (Å²) >= 11 is 0. The molecule has 0 aliphatic heterocycles. The Morgan fingerprint density at radius 3 is 2.63 bits per heavy atom. The molecule has 0 aromatic heterocycles. The zero-order valence-corrected chi connectivity index (χ0v) is 11.4. The average molecular weight is 270 g/mol. The van der Waals surface area contributed by atoms with Crippen molar-refractivity contribution in [1.29, 1.82) is 0 Å². The number of aliphatic imine (C=N–C) groups is 1. The molecule has 0 atom stereocenters. The molecule has 0 fully saturated rings. The van der Waals surface area contributed by atoms with E-state index in [1.165, 1.54) is 0 Å². The molecule has 0 spiro atoms. The fraction of sp³-hybridized carbons (Fsp3) is 0.462. The number of rotatable bonds is 4. The number of anilines is 1. The Morgan fingerprint density at radius 2 is 2.00 bits per heavy atom. The second-order valence-corrected chi connectivity index (χ2v) is 5.19. The van der Waals surface area contributed by atoms with Crippen molar-refractivity contribution in [3.8, 4) is 0 Å². The molecule has 1 aromatic rings. The lowest BCUT2D eigenvalue weighted by Crippen LogP contribution is -2.37. The lowest BCUT2D eigenvalue weighted by atomic mass is 10.1. The van der Waals surface area contributed by atoms with Crippen LogP contribution in [0.1, 0.15) is 20.8 Å². The first-order valence-electron chi connectivity index (χ1n) is 6.05. The van der Waals surface area contributed by atoms with E-state index < -0.39 is 11.6 Å². The third kappa shape index (κ3) is 6.15. The van der Waals surface area contributed by atoms with Crippen LogP contribution < -0.4 is 16.4 Å². The van der Waals surface area contributed by atoms with Gasteiger partial charge >= 0.3 is 0 Å². The lowest BCUT2D eigenvalue weighted by Gasteiger charge is -2.19. The fourth-order valence-electron chi connectivity index (χ4n) is 1.38. The number of hydrogen-bond acceptors (Lipinski definition) is 2. The quantitative estimate of drug-likeness (QED) is 0.446. The van der Waals surface area contributed by atoms with Crippen molar-refractivity contribution in [2.24, 2.45) is 10.7 Å². The topological polar surface area (TPSA) is 62.4 Å². The summed E-state index contributed by atoms with van der Waals surface area (Å²) < 4.78 is 26.3. The van der Waals surface area contributed by atoms with Crippen molar-refractivity contribution in [3.63, 3.8) is 0 Å². The minimum absolute atomic E-state index is 0.00633. The van der Waals surface area contributed by atoms with Crippen LogP contribution in [0.3, 0.4) is 0 Å². The van der Waals surface area contributed by atoms with E-state index in [-0.39, 0.29) is 17.2 Å². The molecule has 106 valence electrons. The van der Waals surface area contributed by atoms with Crippen molar-refractivity contribution in [1.82, 2.24) is 5.32 Å². The number of benzene rings is 1. The SMILES string of the molecule is CC(C)(C)NCCN=C(N)Nc1cc(F)ccc1F. The van der Waals surface area contributed by atoms with E-state index in [2.05, 4.69) is 15.6 Å². The summed E-state index contributed by atoms with van der Waals surface area (Å²) in [5.41, 5.74) is 5.58. The normalized spacial score (nSPS) is 12.6. The molecule has 0 bridgehead atoms. The second kappa shape index (κ2) is 6.47. The van der Waals surface area contributed by atoms with Gasteiger partial charge in [0.05, 0.1) is 12.2 Å². The maximum absolute atomic E-state index is 13.3. The third-order valence-corrected chi connectivity index (χ3v) is 2.24. The standard InChI is InChI=1S/C13H20F2N4/c1-13(2,3)18-7-6-17-12(16)19-11-8-9(14)4-5-10(11)15/h4-5,8,18H,6-7H2,1-3H3,(H3,16,17,19). The van der Waals surface area contributed by atoms with E-state index in [0.29, 0.717) is 13.1 Å². The van der Waals surface area contributed by atoms with E-state index in [1.807, 2.05) is 20.8 Å². The third-order valence-electron chi connectivity index (χ3n) is 2.24. The molecule has 4 N–H and O–H groups in total. The molecule has 0 radical (unpaired) electrons. The Hall–Kier alpha value is -1.69. The monoisotopic (exact) mass is 270 g/mol. The Balaban J connectivity index is 2.50. The van der Waals surface area contributed by atoms with Gasteiger partial charge in [-0.3, -0.25) is 4.99 Å². The maximum Gasteiger partial charge on any atom is 0.193 e. The number of nitrogens with two attached hydrogens (primary N) is 1. The van der Waals surface area contributed by atoms with Gasteiger partial charge < -0.3 is 16.4 Å². The van der Waals surface area contributed by atoms with Crippen molar-refractivity contribution in [2.45, 2.75) is 26.3 Å². The summed E-state index contributed by atoms with van der Waals surface area (Å²) in [5.74, 6) is -1.06. The van der Waals surface area contributed by atoms with Gasteiger partial charge in [-0.1, -0.05) is 0 Å². The van der Waals surface area contributed by atoms with E-state index in [9.17, 15) is 8.78 Å². The number of nitrogens with one attached hydrogen (secondary N) is 2. The molecule has 1 rings (SSSR count). The molecule has 0 aliphatic carbocycles. The van der Waals surface area contributed by atoms with Gasteiger partial charge in [-0.05, 0) is 32.9 Å². The van der Waals surface area contributed by atoms with E-state index in [1.54, 1.807) is 0 Å². The van der Waals surface area contributed by atoms with Crippen molar-refractivity contribution >= 4 is 11.6 Å². The Labute approximate surface area is 112 Å². The first-order valence-corrected chi connectivity index (χ1v) is 6.05. The van der Waals surface area contributed by atoms with Crippen LogP contribution in [-0.2, 0) is 0 Å². The first kappa shape index (κ1) is 15.4. The predicted octanol–water partition coefficient (Wildman–Crippen LogP) is 2.08. The summed E-state index contributed by atoms with van der Waals surface area (Å²) in [7, 11) is 0. The lowest BCUT2D eigenvalue weighted by molar-refractivity contribution is 0.433. The van der Waals surface area contributed by atoms with Gasteiger partial charge in [-0.25, -0.2) is 8.78 Å². The number of nitrogens with zero attached hydrogens (tertiary/aromatic N) is 1. The molecule has 6 heteroatoms. The first-order chi connectivity index (χ1) is 8.78. The second-order valence-electron chi connectivity index (χ2n) is 5.19. The molecule has 0 unspecified atom stereocenters. The van der Waals surface area contributed by atoms with Crippen LogP contribution >= 0.6 is 0 Å². The molecule has 1 aromatic carbocycles. The molecular formula is C13H20F2N4. The highest BCUT2D eigenvalue weighted by atomic mass is 19.1. The van der Waals surface area contributed by atoms with Crippen molar-refractivity contribution in [3.05, 3.63) is 29.8 Å². The highest BCUT2D eigenvalue weighted by molar-refractivity contribution is 5.92. The summed E-state index contributed by atoms with van der Waals surface area (Å²) in [6.45, 7) is 7.23. The van der Waals surface area contributed by atoms with Crippen LogP contribution in [0.4, 0.5) is 14.5 Å². The zero-order chi connectivity index (χ0) is 14.5. The van der Waals surface area contributed by atoms with Gasteiger partial charge in [0.2, 0.25) is 0 Å². The highest BCUT2D eigenvalue weighted by Gasteiger charge is 2.07. The summed E-state index contributed by atoms with van der Waals surface area (Å²) in [6, 6.07) is 3.11. The highest BCUT2D eigenvalue weighted by Crippen LogP contribution is 2.14. The van der Waals surface area contributed by atoms with Gasteiger partial charge in [0, 0.05) is 18.2 Å². The summed E-state index contributed by atoms with van der Waals surface area (Å²) in [5, 5.41) is 5.77. The van der Waals surface area contributed by atoms with Gasteiger partial charge in [0.1, 0.15) is 11.6 Å². The Bertz CT molecular complexity index is 452. The Morgan fingerprint density at radius 1 is 1.32 bits per heavy atom. The molecule has 0 amide bonds. The van der Waals surface area contributed by atoms with Crippen LogP contribution in [0.15, 0.2) is 23.2 Å². The van der Waals surface area contributed by atoms with E-state index in [4.69, 9.17) is 5.73 Å². The molecular weight excluding hydrogens is 250 g/mol. The largest absolute Gasteiger partial charge is 0.370 e. The minimum atomic E-state index is -0.577. The van der Waals surface area contributed by atoms with Gasteiger partial charge in [0.15, 0.2) is 5.96 Å². The maximum atomic E-state index is 13.3. The van der Waals surface area contributed by atoms with Gasteiger partial charge in [0.25, 0.3) is 0 Å². The minimum Gasteiger partial charge on any atom is -0.370 e. The van der Waals surface area contributed by atoms with Crippen molar-refractivity contribution in [2.75, 3.05) is 18.4 Å². The smallest absolute Gasteiger partial charge is 0.193 e. The molecule has 0 aliphatic rings. The number of halogens is 2. The Kier molecular flexibility index (Phi) is 5.23. The van der Waals surface area contributed by atoms with E-state index in [0.717, 1.165) is 18.2 Å². The van der Waals surface area contributed by atoms with Gasteiger partial charge in [-0.15, -0.1) is 0 Å². The van der Waals surface area contributed by atoms with Gasteiger partial charge in [-0.2, -0.15) is 0 Å². The molecule has 0 heterocycles. The molecule has 4 nitrogen and oxygen atoms in total. The van der Waals surface area contributed by atoms with Crippen molar-refractivity contribution < 1.29 is 8.78 Å². The van der Waals surface area contributed by atoms with Crippen LogP contribution in [0, 0.1) is 11.6 Å². The molecule has 0 saturated heterocycles. The molecule has 19 heavy (non-hydrogen) atoms. The van der Waals surface area contributed by atoms with Crippen LogP contribution in [0.25, 0.3) is 0 Å². The predicted molar refractivity (Wildman–Crippen MR) is 74.2 cm³/mol. The van der Waals surface area contributed by atoms with Crippen LogP contribution in [0.5, 0.6) is 0 Å². The fourth-order valence-corrected chi connectivity index (χ4v) is 1.38.